The summed E-state index contributed by atoms with van der Waals surface area (Å²) in [6.07, 6.45) is 1.74. The van der Waals surface area contributed by atoms with E-state index >= 15 is 0 Å². The van der Waals surface area contributed by atoms with Crippen molar-refractivity contribution in [2.75, 3.05) is 0 Å². The molecule has 0 aliphatic carbocycles. The van der Waals surface area contributed by atoms with Gasteiger partial charge in [-0.2, -0.15) is 9.90 Å². The maximum Gasteiger partial charge on any atom is 0.209 e. The molecular weight excluding hydrogens is 475 g/mol. The minimum Gasteiger partial charge on any atom is -0.225 e. The van der Waals surface area contributed by atoms with E-state index in [0.29, 0.717) is 28.1 Å². The van der Waals surface area contributed by atoms with Gasteiger partial charge in [0.2, 0.25) is 5.82 Å². The Kier molecular flexibility index (Phi) is 6.44. The topological polar surface area (TPSA) is 61.4 Å². The molecule has 0 saturated heterocycles. The van der Waals surface area contributed by atoms with Gasteiger partial charge >= 0.3 is 0 Å². The number of thioether (sulfide) groups is 1. The molecule has 0 aliphatic heterocycles. The zero-order valence-corrected chi connectivity index (χ0v) is 19.7. The van der Waals surface area contributed by atoms with Crippen molar-refractivity contribution in [1.82, 2.24) is 30.0 Å². The molecular formula is C24H18Cl2N6S. The summed E-state index contributed by atoms with van der Waals surface area (Å²) in [5.41, 5.74) is 3.77. The largest absolute Gasteiger partial charge is 0.225 e. The second-order valence-electron chi connectivity index (χ2n) is 7.25. The van der Waals surface area contributed by atoms with Gasteiger partial charge in [0.05, 0.1) is 34.0 Å². The third-order valence-corrected chi connectivity index (χ3v) is 6.92. The van der Waals surface area contributed by atoms with Crippen LogP contribution in [0.1, 0.15) is 11.1 Å². The van der Waals surface area contributed by atoms with Crippen molar-refractivity contribution in [2.45, 2.75) is 17.3 Å². The summed E-state index contributed by atoms with van der Waals surface area (Å²) in [5, 5.41) is 19.5. The maximum absolute atomic E-state index is 6.52. The van der Waals surface area contributed by atoms with Crippen LogP contribution >= 0.6 is 35.0 Å². The predicted octanol–water partition coefficient (Wildman–Crippen LogP) is 6.17. The second-order valence-corrected chi connectivity index (χ2v) is 9.00. The zero-order chi connectivity index (χ0) is 22.6. The minimum atomic E-state index is 0.441. The molecule has 0 fully saturated rings. The van der Waals surface area contributed by atoms with Gasteiger partial charge in [-0.25, -0.2) is 4.68 Å². The number of hydrogen-bond donors (Lipinski definition) is 0. The molecule has 0 aliphatic rings. The van der Waals surface area contributed by atoms with Crippen LogP contribution in [-0.2, 0) is 12.3 Å². The highest BCUT2D eigenvalue weighted by atomic mass is 35.5. The Morgan fingerprint density at radius 1 is 0.818 bits per heavy atom. The fraction of sp³-hybridized carbons (Fsp3) is 0.0833. The molecule has 0 N–H and O–H groups in total. The average Bonchev–Trinajstić information content (AvgIpc) is 3.48. The molecule has 2 aromatic heterocycles. The van der Waals surface area contributed by atoms with Crippen LogP contribution in [0.15, 0.2) is 90.1 Å². The van der Waals surface area contributed by atoms with Crippen molar-refractivity contribution in [2.24, 2.45) is 0 Å². The standard InChI is InChI=1S/C24H18Cl2N6S/c25-20-12-7-13-21(22(20)26)32-24(33-16-18-10-5-2-6-11-18)19(14-27-32)23-28-30-31(29-23)15-17-8-3-1-4-9-17/h1-14H,15-16H2. The van der Waals surface area contributed by atoms with Crippen LogP contribution in [0.3, 0.4) is 0 Å². The summed E-state index contributed by atoms with van der Waals surface area (Å²) >= 11 is 14.4. The lowest BCUT2D eigenvalue weighted by molar-refractivity contribution is 0.573. The van der Waals surface area contributed by atoms with Crippen molar-refractivity contribution in [1.29, 1.82) is 0 Å². The highest BCUT2D eigenvalue weighted by Gasteiger charge is 2.20. The first-order chi connectivity index (χ1) is 16.2. The molecule has 5 aromatic rings. The van der Waals surface area contributed by atoms with Crippen LogP contribution in [0.2, 0.25) is 10.0 Å². The van der Waals surface area contributed by atoms with Gasteiger partial charge in [0.15, 0.2) is 0 Å². The molecule has 33 heavy (non-hydrogen) atoms. The summed E-state index contributed by atoms with van der Waals surface area (Å²) in [4.78, 5) is 1.58. The van der Waals surface area contributed by atoms with Crippen molar-refractivity contribution in [3.63, 3.8) is 0 Å². The van der Waals surface area contributed by atoms with Gasteiger partial charge in [0, 0.05) is 5.75 Å². The number of halogens is 2. The molecule has 0 spiro atoms. The molecule has 0 radical (unpaired) electrons. The van der Waals surface area contributed by atoms with Crippen LogP contribution in [0.25, 0.3) is 17.1 Å². The molecule has 6 nitrogen and oxygen atoms in total. The average molecular weight is 493 g/mol. The first kappa shape index (κ1) is 21.7. The Hall–Kier alpha value is -3.13. The second kappa shape index (κ2) is 9.79. The smallest absolute Gasteiger partial charge is 0.209 e. The van der Waals surface area contributed by atoms with Crippen LogP contribution < -0.4 is 0 Å². The summed E-state index contributed by atoms with van der Waals surface area (Å²) in [7, 11) is 0. The molecule has 0 saturated carbocycles. The normalized spacial score (nSPS) is 11.1. The van der Waals surface area contributed by atoms with Crippen LogP contribution in [0.5, 0.6) is 0 Å². The van der Waals surface area contributed by atoms with Gasteiger partial charge in [-0.3, -0.25) is 0 Å². The number of nitrogens with zero attached hydrogens (tertiary/aromatic N) is 6. The Morgan fingerprint density at radius 3 is 2.30 bits per heavy atom. The summed E-state index contributed by atoms with van der Waals surface area (Å²) in [6.45, 7) is 0.536. The van der Waals surface area contributed by atoms with Crippen LogP contribution in [-0.4, -0.2) is 30.0 Å². The van der Waals surface area contributed by atoms with Gasteiger partial charge in [0.25, 0.3) is 0 Å². The van der Waals surface area contributed by atoms with Crippen molar-refractivity contribution >= 4 is 35.0 Å². The van der Waals surface area contributed by atoms with E-state index in [-0.39, 0.29) is 0 Å². The Morgan fingerprint density at radius 2 is 1.55 bits per heavy atom. The summed E-state index contributed by atoms with van der Waals surface area (Å²) in [5.74, 6) is 1.25. The number of rotatable bonds is 7. The fourth-order valence-electron chi connectivity index (χ4n) is 3.35. The summed E-state index contributed by atoms with van der Waals surface area (Å²) < 4.78 is 1.79. The number of benzene rings is 3. The van der Waals surface area contributed by atoms with E-state index in [9.17, 15) is 0 Å². The fourth-order valence-corrected chi connectivity index (χ4v) is 4.79. The number of hydrogen-bond acceptors (Lipinski definition) is 5. The van der Waals surface area contributed by atoms with E-state index in [1.165, 1.54) is 5.56 Å². The minimum absolute atomic E-state index is 0.441. The highest BCUT2D eigenvalue weighted by molar-refractivity contribution is 7.98. The van der Waals surface area contributed by atoms with E-state index in [2.05, 4.69) is 32.6 Å². The lowest BCUT2D eigenvalue weighted by Crippen LogP contribution is -2.03. The first-order valence-electron chi connectivity index (χ1n) is 10.2. The van der Waals surface area contributed by atoms with Gasteiger partial charge < -0.3 is 0 Å². The monoisotopic (exact) mass is 492 g/mol. The van der Waals surface area contributed by atoms with Crippen LogP contribution in [0.4, 0.5) is 0 Å². The van der Waals surface area contributed by atoms with E-state index in [1.807, 2.05) is 60.7 Å². The van der Waals surface area contributed by atoms with Gasteiger partial charge in [-0.1, -0.05) is 89.9 Å². The van der Waals surface area contributed by atoms with Gasteiger partial charge in [-0.05, 0) is 28.5 Å². The molecule has 0 amide bonds. The van der Waals surface area contributed by atoms with Gasteiger partial charge in [-0.15, -0.1) is 22.0 Å². The van der Waals surface area contributed by atoms with Crippen molar-refractivity contribution < 1.29 is 0 Å². The third-order valence-electron chi connectivity index (χ3n) is 4.96. The molecule has 9 heteroatoms. The summed E-state index contributed by atoms with van der Waals surface area (Å²) in [6, 6.07) is 25.8. The Bertz CT molecular complexity index is 1370. The third kappa shape index (κ3) is 4.80. The van der Waals surface area contributed by atoms with Crippen molar-refractivity contribution in [3.05, 3.63) is 106 Å². The number of aromatic nitrogens is 6. The maximum atomic E-state index is 6.52. The molecule has 2 heterocycles. The highest BCUT2D eigenvalue weighted by Crippen LogP contribution is 2.36. The number of tetrazole rings is 1. The zero-order valence-electron chi connectivity index (χ0n) is 17.3. The molecule has 0 bridgehead atoms. The lowest BCUT2D eigenvalue weighted by Gasteiger charge is -2.11. The van der Waals surface area contributed by atoms with Gasteiger partial charge in [0.1, 0.15) is 5.03 Å². The molecule has 0 atom stereocenters. The molecule has 3 aromatic carbocycles. The van der Waals surface area contributed by atoms with E-state index < -0.39 is 0 Å². The molecule has 164 valence electrons. The first-order valence-corrected chi connectivity index (χ1v) is 11.9. The van der Waals surface area contributed by atoms with Crippen LogP contribution in [0, 0.1) is 0 Å². The Labute approximate surface area is 205 Å². The molecule has 5 rings (SSSR count). The SMILES string of the molecule is Clc1cccc(-n2ncc(-c3nnn(Cc4ccccc4)n3)c2SCc2ccccc2)c1Cl. The molecule has 0 unspecified atom stereocenters. The Balaban J connectivity index is 1.52. The quantitative estimate of drug-likeness (QED) is 0.254. The predicted molar refractivity (Wildman–Crippen MR) is 132 cm³/mol. The van der Waals surface area contributed by atoms with E-state index in [4.69, 9.17) is 23.2 Å². The van der Waals surface area contributed by atoms with E-state index in [1.54, 1.807) is 33.5 Å². The lowest BCUT2D eigenvalue weighted by atomic mass is 10.2. The van der Waals surface area contributed by atoms with Crippen molar-refractivity contribution in [3.8, 4) is 17.1 Å². The van der Waals surface area contributed by atoms with E-state index in [0.717, 1.165) is 21.9 Å².